The van der Waals surface area contributed by atoms with Crippen LogP contribution >= 0.6 is 0 Å². The third-order valence-electron chi connectivity index (χ3n) is 2.11. The zero-order valence-corrected chi connectivity index (χ0v) is 9.03. The van der Waals surface area contributed by atoms with E-state index in [4.69, 9.17) is 4.74 Å². The van der Waals surface area contributed by atoms with Crippen molar-refractivity contribution in [2.24, 2.45) is 7.05 Å². The molecule has 1 rings (SSSR count). The maximum atomic E-state index is 9.80. The number of hydrogen-bond donors (Lipinski definition) is 1. The fourth-order valence-electron chi connectivity index (χ4n) is 1.43. The monoisotopic (exact) mass is 198 g/mol. The molecule has 0 aromatic carbocycles. The van der Waals surface area contributed by atoms with Crippen LogP contribution < -0.4 is 0 Å². The van der Waals surface area contributed by atoms with Gasteiger partial charge in [0.05, 0.1) is 12.3 Å². The summed E-state index contributed by atoms with van der Waals surface area (Å²) in [6.45, 7) is 4.91. The maximum absolute atomic E-state index is 9.80. The number of ether oxygens (including phenoxy) is 1. The van der Waals surface area contributed by atoms with Gasteiger partial charge in [0.15, 0.2) is 0 Å². The van der Waals surface area contributed by atoms with E-state index in [0.29, 0.717) is 13.2 Å². The Morgan fingerprint density at radius 2 is 2.29 bits per heavy atom. The predicted octanol–water partition coefficient (Wildman–Crippen LogP) is 1.05. The highest BCUT2D eigenvalue weighted by Gasteiger charge is 2.14. The second-order valence-electron chi connectivity index (χ2n) is 3.23. The summed E-state index contributed by atoms with van der Waals surface area (Å²) in [5, 5.41) is 14.1. The quantitative estimate of drug-likeness (QED) is 0.769. The van der Waals surface area contributed by atoms with E-state index in [1.807, 2.05) is 27.1 Å². The molecule has 0 amide bonds. The van der Waals surface area contributed by atoms with E-state index in [1.54, 1.807) is 4.68 Å². The smallest absolute Gasteiger partial charge is 0.106 e. The molecule has 0 bridgehead atoms. The highest BCUT2D eigenvalue weighted by molar-refractivity contribution is 5.19. The number of aliphatic hydroxyl groups excluding tert-OH is 1. The highest BCUT2D eigenvalue weighted by Crippen LogP contribution is 2.17. The average Bonchev–Trinajstić information content (AvgIpc) is 2.56. The Bertz CT molecular complexity index is 284. The van der Waals surface area contributed by atoms with Crippen molar-refractivity contribution < 1.29 is 9.84 Å². The number of nitrogens with zero attached hydrogens (tertiary/aromatic N) is 2. The number of aryl methyl sites for hydroxylation is 2. The normalized spacial score (nSPS) is 13.1. The SMILES string of the molecule is CCOCC(O)c1cn(C)nc1CC. The van der Waals surface area contributed by atoms with Gasteiger partial charge in [0.1, 0.15) is 6.10 Å². The number of hydrogen-bond acceptors (Lipinski definition) is 3. The topological polar surface area (TPSA) is 47.3 Å². The lowest BCUT2D eigenvalue weighted by atomic mass is 10.1. The Hall–Kier alpha value is -0.870. The molecular weight excluding hydrogens is 180 g/mol. The summed E-state index contributed by atoms with van der Waals surface area (Å²) in [6, 6.07) is 0. The summed E-state index contributed by atoms with van der Waals surface area (Å²) < 4.78 is 6.90. The molecule has 80 valence electrons. The molecule has 4 nitrogen and oxygen atoms in total. The molecule has 14 heavy (non-hydrogen) atoms. The van der Waals surface area contributed by atoms with E-state index in [2.05, 4.69) is 5.10 Å². The van der Waals surface area contributed by atoms with Crippen molar-refractivity contribution in [1.29, 1.82) is 0 Å². The van der Waals surface area contributed by atoms with Gasteiger partial charge in [-0.05, 0) is 13.3 Å². The largest absolute Gasteiger partial charge is 0.386 e. The Balaban J connectivity index is 2.72. The molecule has 0 fully saturated rings. The molecule has 0 spiro atoms. The van der Waals surface area contributed by atoms with Crippen molar-refractivity contribution in [2.75, 3.05) is 13.2 Å². The predicted molar refractivity (Wildman–Crippen MR) is 54.0 cm³/mol. The van der Waals surface area contributed by atoms with Gasteiger partial charge in [-0.25, -0.2) is 0 Å². The summed E-state index contributed by atoms with van der Waals surface area (Å²) in [5.41, 5.74) is 1.82. The van der Waals surface area contributed by atoms with Gasteiger partial charge in [-0.2, -0.15) is 5.10 Å². The van der Waals surface area contributed by atoms with Crippen LogP contribution in [0.25, 0.3) is 0 Å². The van der Waals surface area contributed by atoms with Gasteiger partial charge < -0.3 is 9.84 Å². The van der Waals surface area contributed by atoms with Crippen LogP contribution in [0.5, 0.6) is 0 Å². The van der Waals surface area contributed by atoms with Gasteiger partial charge in [0.25, 0.3) is 0 Å². The fraction of sp³-hybridized carbons (Fsp3) is 0.700. The Morgan fingerprint density at radius 3 is 2.86 bits per heavy atom. The zero-order valence-electron chi connectivity index (χ0n) is 9.03. The molecule has 1 aromatic heterocycles. The second-order valence-corrected chi connectivity index (χ2v) is 3.23. The van der Waals surface area contributed by atoms with Crippen molar-refractivity contribution in [3.8, 4) is 0 Å². The van der Waals surface area contributed by atoms with Crippen LogP contribution in [0.2, 0.25) is 0 Å². The Kier molecular flexibility index (Phi) is 4.10. The second kappa shape index (κ2) is 5.12. The molecule has 1 N–H and O–H groups in total. The molecule has 0 saturated carbocycles. The van der Waals surface area contributed by atoms with Crippen LogP contribution in [0.1, 0.15) is 31.2 Å². The highest BCUT2D eigenvalue weighted by atomic mass is 16.5. The molecule has 1 aromatic rings. The number of aromatic nitrogens is 2. The first-order valence-corrected chi connectivity index (χ1v) is 4.97. The zero-order chi connectivity index (χ0) is 10.6. The lowest BCUT2D eigenvalue weighted by Gasteiger charge is -2.09. The van der Waals surface area contributed by atoms with Crippen LogP contribution in [0, 0.1) is 0 Å². The fourth-order valence-corrected chi connectivity index (χ4v) is 1.43. The minimum absolute atomic E-state index is 0.342. The lowest BCUT2D eigenvalue weighted by Crippen LogP contribution is -2.08. The first kappa shape index (κ1) is 11.2. The minimum atomic E-state index is -0.557. The maximum Gasteiger partial charge on any atom is 0.106 e. The van der Waals surface area contributed by atoms with Gasteiger partial charge in [0.2, 0.25) is 0 Å². The lowest BCUT2D eigenvalue weighted by molar-refractivity contribution is 0.0415. The van der Waals surface area contributed by atoms with Crippen LogP contribution in [0.3, 0.4) is 0 Å². The first-order chi connectivity index (χ1) is 6.69. The summed E-state index contributed by atoms with van der Waals surface area (Å²) in [4.78, 5) is 0. The molecular formula is C10H18N2O2. The van der Waals surface area contributed by atoms with Crippen LogP contribution in [-0.4, -0.2) is 28.1 Å². The van der Waals surface area contributed by atoms with Gasteiger partial charge in [-0.3, -0.25) is 4.68 Å². The molecule has 0 aliphatic heterocycles. The van der Waals surface area contributed by atoms with Crippen LogP contribution in [0.15, 0.2) is 6.20 Å². The van der Waals surface area contributed by atoms with E-state index in [1.165, 1.54) is 0 Å². The third-order valence-corrected chi connectivity index (χ3v) is 2.11. The van der Waals surface area contributed by atoms with Gasteiger partial charge in [0, 0.05) is 25.4 Å². The van der Waals surface area contributed by atoms with Crippen LogP contribution in [-0.2, 0) is 18.2 Å². The summed E-state index contributed by atoms with van der Waals surface area (Å²) in [7, 11) is 1.86. The first-order valence-electron chi connectivity index (χ1n) is 4.97. The number of rotatable bonds is 5. The molecule has 0 saturated heterocycles. The van der Waals surface area contributed by atoms with E-state index in [9.17, 15) is 5.11 Å². The van der Waals surface area contributed by atoms with E-state index >= 15 is 0 Å². The van der Waals surface area contributed by atoms with Gasteiger partial charge in [-0.1, -0.05) is 6.92 Å². The standard InChI is InChI=1S/C10H18N2O2/c1-4-9-8(6-12(3)11-9)10(13)7-14-5-2/h6,10,13H,4-5,7H2,1-3H3. The third kappa shape index (κ3) is 2.56. The van der Waals surface area contributed by atoms with Gasteiger partial charge >= 0.3 is 0 Å². The average molecular weight is 198 g/mol. The summed E-state index contributed by atoms with van der Waals surface area (Å²) in [5.74, 6) is 0. The van der Waals surface area contributed by atoms with Crippen LogP contribution in [0.4, 0.5) is 0 Å². The minimum Gasteiger partial charge on any atom is -0.386 e. The molecule has 1 heterocycles. The Labute approximate surface area is 84.5 Å². The van der Waals surface area contributed by atoms with Crippen molar-refractivity contribution in [3.63, 3.8) is 0 Å². The Morgan fingerprint density at radius 1 is 1.57 bits per heavy atom. The molecule has 1 atom stereocenters. The van der Waals surface area contributed by atoms with Gasteiger partial charge in [-0.15, -0.1) is 0 Å². The molecule has 0 aliphatic rings. The van der Waals surface area contributed by atoms with Crippen molar-refractivity contribution in [2.45, 2.75) is 26.4 Å². The van der Waals surface area contributed by atoms with E-state index in [0.717, 1.165) is 17.7 Å². The number of aliphatic hydroxyl groups is 1. The molecule has 1 unspecified atom stereocenters. The molecule has 0 aliphatic carbocycles. The van der Waals surface area contributed by atoms with Crippen molar-refractivity contribution in [3.05, 3.63) is 17.5 Å². The van der Waals surface area contributed by atoms with Crippen molar-refractivity contribution in [1.82, 2.24) is 9.78 Å². The summed E-state index contributed by atoms with van der Waals surface area (Å²) in [6.07, 6.45) is 2.13. The molecule has 4 heteroatoms. The summed E-state index contributed by atoms with van der Waals surface area (Å²) >= 11 is 0. The van der Waals surface area contributed by atoms with Crippen molar-refractivity contribution >= 4 is 0 Å². The van der Waals surface area contributed by atoms with E-state index in [-0.39, 0.29) is 0 Å². The molecule has 0 radical (unpaired) electrons. The van der Waals surface area contributed by atoms with E-state index < -0.39 is 6.10 Å².